The maximum Gasteiger partial charge on any atom is 0.259 e. The van der Waals surface area contributed by atoms with E-state index in [-0.39, 0.29) is 22.7 Å². The largest absolute Gasteiger partial charge is 0.493 e. The average Bonchev–Trinajstić information content (AvgIpc) is 3.27. The van der Waals surface area contributed by atoms with Crippen LogP contribution in [0.2, 0.25) is 0 Å². The van der Waals surface area contributed by atoms with Gasteiger partial charge in [0.1, 0.15) is 0 Å². The minimum atomic E-state index is -3.33. The lowest BCUT2D eigenvalue weighted by Gasteiger charge is -2.27. The number of benzene rings is 2. The Kier molecular flexibility index (Phi) is 7.93. The number of sulfone groups is 1. The number of ether oxygens (including phenoxy) is 3. The van der Waals surface area contributed by atoms with Crippen molar-refractivity contribution in [2.45, 2.75) is 56.1 Å². The fraction of sp³-hybridized carbons (Fsp3) is 0.440. The zero-order chi connectivity index (χ0) is 25.0. The lowest BCUT2D eigenvalue weighted by molar-refractivity contribution is -0.133. The van der Waals surface area contributed by atoms with Crippen LogP contribution in [0.3, 0.4) is 0 Å². The van der Waals surface area contributed by atoms with Crippen molar-refractivity contribution in [2.24, 2.45) is 0 Å². The van der Waals surface area contributed by atoms with E-state index >= 15 is 0 Å². The summed E-state index contributed by atoms with van der Waals surface area (Å²) in [4.78, 5) is 18.2. The highest BCUT2D eigenvalue weighted by Gasteiger charge is 2.28. The molecule has 0 radical (unpaired) electrons. The highest BCUT2D eigenvalue weighted by atomic mass is 32.2. The molecule has 1 atom stereocenters. The van der Waals surface area contributed by atoms with E-state index in [1.807, 2.05) is 6.07 Å². The third-order valence-corrected chi connectivity index (χ3v) is 8.85. The summed E-state index contributed by atoms with van der Waals surface area (Å²) < 4.78 is 42.3. The van der Waals surface area contributed by atoms with Gasteiger partial charge in [-0.2, -0.15) is 0 Å². The number of aromatic nitrogens is 1. The number of hydrogen-bond donors (Lipinski definition) is 1. The van der Waals surface area contributed by atoms with Crippen molar-refractivity contribution >= 4 is 42.4 Å². The predicted molar refractivity (Wildman–Crippen MR) is 136 cm³/mol. The summed E-state index contributed by atoms with van der Waals surface area (Å²) in [6, 6.07) is 9.98. The summed E-state index contributed by atoms with van der Waals surface area (Å²) in [7, 11) is -0.208. The van der Waals surface area contributed by atoms with Crippen molar-refractivity contribution in [2.75, 3.05) is 25.3 Å². The van der Waals surface area contributed by atoms with Crippen LogP contribution < -0.4 is 14.8 Å². The molecule has 4 rings (SSSR count). The zero-order valence-corrected chi connectivity index (χ0v) is 21.7. The van der Waals surface area contributed by atoms with Crippen LogP contribution >= 0.6 is 11.3 Å². The first-order valence-corrected chi connectivity index (χ1v) is 14.1. The van der Waals surface area contributed by atoms with Crippen molar-refractivity contribution in [3.05, 3.63) is 42.0 Å². The maximum atomic E-state index is 13.4. The second-order valence-corrected chi connectivity index (χ2v) is 11.7. The number of amides is 1. The fourth-order valence-electron chi connectivity index (χ4n) is 4.18. The lowest BCUT2D eigenvalue weighted by atomic mass is 9.97. The van der Waals surface area contributed by atoms with Crippen molar-refractivity contribution in [3.8, 4) is 11.5 Å². The quantitative estimate of drug-likeness (QED) is 0.418. The molecule has 1 fully saturated rings. The lowest BCUT2D eigenvalue weighted by Crippen LogP contribution is -2.28. The van der Waals surface area contributed by atoms with Crippen molar-refractivity contribution < 1.29 is 27.4 Å². The molecule has 35 heavy (non-hydrogen) atoms. The smallest absolute Gasteiger partial charge is 0.259 e. The first-order valence-electron chi connectivity index (χ1n) is 11.7. The molecule has 10 heteroatoms. The van der Waals surface area contributed by atoms with E-state index in [1.165, 1.54) is 29.9 Å². The summed E-state index contributed by atoms with van der Waals surface area (Å²) in [5, 5.41) is 3.33. The molecule has 8 nitrogen and oxygen atoms in total. The Labute approximate surface area is 209 Å². The van der Waals surface area contributed by atoms with Gasteiger partial charge in [-0.3, -0.25) is 10.1 Å². The van der Waals surface area contributed by atoms with Gasteiger partial charge in [0, 0.05) is 12.1 Å². The number of rotatable bonds is 9. The summed E-state index contributed by atoms with van der Waals surface area (Å²) in [6.07, 6.45) is 4.18. The van der Waals surface area contributed by atoms with Crippen molar-refractivity contribution in [3.63, 3.8) is 0 Å². The summed E-state index contributed by atoms with van der Waals surface area (Å²) in [6.45, 7) is 1.61. The Morgan fingerprint density at radius 3 is 2.37 bits per heavy atom. The van der Waals surface area contributed by atoms with Crippen LogP contribution in [0.15, 0.2) is 41.3 Å². The number of nitrogens with zero attached hydrogens (tertiary/aromatic N) is 1. The van der Waals surface area contributed by atoms with E-state index < -0.39 is 15.9 Å². The van der Waals surface area contributed by atoms with E-state index in [2.05, 4.69) is 10.3 Å². The van der Waals surface area contributed by atoms with Gasteiger partial charge in [-0.15, -0.1) is 0 Å². The Morgan fingerprint density at radius 2 is 1.74 bits per heavy atom. The molecule has 1 N–H and O–H groups in total. The second kappa shape index (κ2) is 10.9. The molecule has 0 bridgehead atoms. The van der Waals surface area contributed by atoms with Gasteiger partial charge >= 0.3 is 0 Å². The normalized spacial score (nSPS) is 15.6. The van der Waals surface area contributed by atoms with E-state index in [1.54, 1.807) is 39.3 Å². The molecule has 188 valence electrons. The van der Waals surface area contributed by atoms with Gasteiger partial charge in [0.05, 0.1) is 41.2 Å². The summed E-state index contributed by atoms with van der Waals surface area (Å²) >= 11 is 1.33. The molecule has 1 aliphatic carbocycles. The van der Waals surface area contributed by atoms with Gasteiger partial charge in [-0.05, 0) is 30.5 Å². The number of nitrogens with one attached hydrogen (secondary N) is 1. The van der Waals surface area contributed by atoms with Crippen LogP contribution in [0.4, 0.5) is 5.13 Å². The molecule has 1 aliphatic rings. The third-order valence-electron chi connectivity index (χ3n) is 6.16. The molecule has 0 saturated heterocycles. The number of fused-ring (bicyclic) bond motifs is 1. The van der Waals surface area contributed by atoms with Crippen LogP contribution in [-0.2, 0) is 19.4 Å². The van der Waals surface area contributed by atoms with Gasteiger partial charge in [-0.25, -0.2) is 13.4 Å². The van der Waals surface area contributed by atoms with Crippen LogP contribution in [0.5, 0.6) is 11.5 Å². The summed E-state index contributed by atoms with van der Waals surface area (Å²) in [5.74, 6) is 0.813. The summed E-state index contributed by atoms with van der Waals surface area (Å²) in [5.41, 5.74) is 1.29. The molecule has 3 aromatic rings. The number of hydrogen-bond acceptors (Lipinski definition) is 8. The van der Waals surface area contributed by atoms with Crippen LogP contribution in [0.1, 0.15) is 50.7 Å². The van der Waals surface area contributed by atoms with E-state index in [4.69, 9.17) is 14.2 Å². The predicted octanol–water partition coefficient (Wildman–Crippen LogP) is 5.14. The Morgan fingerprint density at radius 1 is 1.09 bits per heavy atom. The van der Waals surface area contributed by atoms with Gasteiger partial charge in [0.2, 0.25) is 0 Å². The zero-order valence-electron chi connectivity index (χ0n) is 20.1. The molecule has 1 unspecified atom stereocenters. The molecule has 1 aromatic heterocycles. The first-order chi connectivity index (χ1) is 16.8. The van der Waals surface area contributed by atoms with Gasteiger partial charge in [0.25, 0.3) is 5.91 Å². The molecule has 2 aromatic carbocycles. The Balaban J connectivity index is 1.60. The first kappa shape index (κ1) is 25.4. The fourth-order valence-corrected chi connectivity index (χ4v) is 5.94. The molecule has 0 aliphatic heterocycles. The van der Waals surface area contributed by atoms with Gasteiger partial charge in [-0.1, -0.05) is 49.7 Å². The number of anilines is 1. The maximum absolute atomic E-state index is 13.4. The highest BCUT2D eigenvalue weighted by Crippen LogP contribution is 2.37. The molecule has 1 heterocycles. The van der Waals surface area contributed by atoms with E-state index in [0.717, 1.165) is 30.4 Å². The topological polar surface area (TPSA) is 104 Å². The standard InChI is InChI=1S/C25H30N2O6S2/c1-4-35(29,30)18-12-10-16(11-13-18)23(33-17-8-6-5-7-9-17)24(28)27-25-26-19-14-20(31-2)21(32-3)15-22(19)34-25/h10-15,17,23H,4-9H2,1-3H3,(H,26,27,28). The second-order valence-electron chi connectivity index (χ2n) is 8.43. The molecule has 1 amide bonds. The molecule has 1 saturated carbocycles. The van der Waals surface area contributed by atoms with Crippen LogP contribution in [0.25, 0.3) is 10.2 Å². The monoisotopic (exact) mass is 518 g/mol. The average molecular weight is 519 g/mol. The number of methoxy groups -OCH3 is 2. The number of carbonyl (C=O) groups excluding carboxylic acids is 1. The van der Waals surface area contributed by atoms with E-state index in [9.17, 15) is 13.2 Å². The third kappa shape index (κ3) is 5.76. The van der Waals surface area contributed by atoms with Gasteiger partial charge in [0.15, 0.2) is 32.6 Å². The highest BCUT2D eigenvalue weighted by molar-refractivity contribution is 7.91. The Bertz CT molecular complexity index is 1240. The SMILES string of the molecule is CCS(=O)(=O)c1ccc(C(OC2CCCCC2)C(=O)Nc2nc3cc(OC)c(OC)cc3s2)cc1. The van der Waals surface area contributed by atoms with Crippen molar-refractivity contribution in [1.29, 1.82) is 0 Å². The molecular formula is C25H30N2O6S2. The van der Waals surface area contributed by atoms with E-state index in [0.29, 0.717) is 27.7 Å². The minimum absolute atomic E-state index is 0.0159. The molecular weight excluding hydrogens is 488 g/mol. The number of thiazole rings is 1. The minimum Gasteiger partial charge on any atom is -0.493 e. The number of carbonyl (C=O) groups is 1. The van der Waals surface area contributed by atoms with Crippen LogP contribution in [-0.4, -0.2) is 45.4 Å². The van der Waals surface area contributed by atoms with Crippen LogP contribution in [0, 0.1) is 0 Å². The Hall–Kier alpha value is -2.69. The molecule has 0 spiro atoms. The van der Waals surface area contributed by atoms with Crippen molar-refractivity contribution in [1.82, 2.24) is 4.98 Å². The van der Waals surface area contributed by atoms with Gasteiger partial charge < -0.3 is 14.2 Å².